The first kappa shape index (κ1) is 73.7. The van der Waals surface area contributed by atoms with Crippen LogP contribution in [0.3, 0.4) is 0 Å². The summed E-state index contributed by atoms with van der Waals surface area (Å²) >= 11 is 0. The minimum Gasteiger partial charge on any atom is -0.481 e. The van der Waals surface area contributed by atoms with Crippen molar-refractivity contribution in [2.45, 2.75) is 170 Å². The molecule has 0 unspecified atom stereocenters. The summed E-state index contributed by atoms with van der Waals surface area (Å²) in [7, 11) is 0. The SMILES string of the molecule is C[C@H](NC(=O)[C@H](CC(=O)O)NC(=O)[C@H](CCC(N)=O)NC(=O)[C@@H](NC(=O)[C@H](CCC(=O)O)NC(=O)[C@H](CC(N)=O)NC(=O)[C@@H](N)CCCCN)[C@@H](C)O)C(=O)N[C@@H](CO)C(=O)N[C@@H](CCCCN)C(=O)N[C@@H](CCCN=C(N)N)C(=O)O. The van der Waals surface area contributed by atoms with E-state index in [0.717, 1.165) is 13.8 Å². The summed E-state index contributed by atoms with van der Waals surface area (Å²) in [5, 5.41) is 69.1. The first-order valence-electron chi connectivity index (χ1n) is 25.9. The molecule has 0 aromatic heterocycles. The van der Waals surface area contributed by atoms with Crippen LogP contribution in [0.25, 0.3) is 0 Å². The zero-order valence-corrected chi connectivity index (χ0v) is 45.5. The number of primary amides is 2. The number of aliphatic carboxylic acids is 3. The van der Waals surface area contributed by atoms with E-state index in [1.807, 2.05) is 0 Å². The predicted octanol–water partition coefficient (Wildman–Crippen LogP) is -10.1. The highest BCUT2D eigenvalue weighted by molar-refractivity contribution is 6.00. The molecule has 0 heterocycles. The lowest BCUT2D eigenvalue weighted by molar-refractivity contribution is -0.143. The second-order valence-electron chi connectivity index (χ2n) is 18.7. The van der Waals surface area contributed by atoms with Crippen molar-refractivity contribution in [3.63, 3.8) is 0 Å². The predicted molar refractivity (Wildman–Crippen MR) is 285 cm³/mol. The molecule has 0 saturated heterocycles. The van der Waals surface area contributed by atoms with Gasteiger partial charge in [0.25, 0.3) is 0 Å². The van der Waals surface area contributed by atoms with Gasteiger partial charge in [0.1, 0.15) is 54.4 Å². The Morgan fingerprint density at radius 2 is 0.866 bits per heavy atom. The Balaban J connectivity index is 6.46. The number of guanidine groups is 1. The molecule has 0 aliphatic rings. The summed E-state index contributed by atoms with van der Waals surface area (Å²) in [5.74, 6) is -17.8. The van der Waals surface area contributed by atoms with Gasteiger partial charge in [-0.1, -0.05) is 6.42 Å². The molecule has 0 saturated carbocycles. The fourth-order valence-electron chi connectivity index (χ4n) is 7.21. The molecule has 464 valence electrons. The molecular formula is C46H81N17O19. The number of hydrogen-bond acceptors (Lipinski definition) is 20. The summed E-state index contributed by atoms with van der Waals surface area (Å²) in [6, 6.07) is -17.2. The summed E-state index contributed by atoms with van der Waals surface area (Å²) in [6.07, 6.45) is -5.07. The Kier molecular flexibility index (Phi) is 35.1. The van der Waals surface area contributed by atoms with Gasteiger partial charge < -0.3 is 114 Å². The monoisotopic (exact) mass is 1180 g/mol. The van der Waals surface area contributed by atoms with Crippen molar-refractivity contribution >= 4 is 88.8 Å². The minimum absolute atomic E-state index is 0.0408. The molecule has 0 aromatic rings. The highest BCUT2D eigenvalue weighted by Gasteiger charge is 2.37. The number of hydrogen-bond donors (Lipinski definition) is 21. The molecule has 82 heavy (non-hydrogen) atoms. The maximum Gasteiger partial charge on any atom is 0.326 e. The molecule has 28 N–H and O–H groups in total. The molecule has 0 spiro atoms. The van der Waals surface area contributed by atoms with Gasteiger partial charge in [-0.05, 0) is 84.7 Å². The van der Waals surface area contributed by atoms with Crippen LogP contribution in [0, 0.1) is 0 Å². The van der Waals surface area contributed by atoms with Gasteiger partial charge in [-0.2, -0.15) is 0 Å². The quantitative estimate of drug-likeness (QED) is 0.0153. The molecular weight excluding hydrogens is 1090 g/mol. The average Bonchev–Trinajstić information content (AvgIpc) is 3.39. The lowest BCUT2D eigenvalue weighted by Crippen LogP contribution is -2.62. The van der Waals surface area contributed by atoms with Crippen molar-refractivity contribution in [1.82, 2.24) is 47.9 Å². The van der Waals surface area contributed by atoms with Gasteiger partial charge in [0.05, 0.1) is 31.6 Å². The number of unbranched alkanes of at least 4 members (excludes halogenated alkanes) is 2. The van der Waals surface area contributed by atoms with E-state index in [-0.39, 0.29) is 51.2 Å². The van der Waals surface area contributed by atoms with E-state index in [0.29, 0.717) is 25.8 Å². The van der Waals surface area contributed by atoms with Crippen molar-refractivity contribution in [3.8, 4) is 0 Å². The van der Waals surface area contributed by atoms with Crippen molar-refractivity contribution in [1.29, 1.82) is 0 Å². The number of carbonyl (C=O) groups is 14. The van der Waals surface area contributed by atoms with Gasteiger partial charge in [-0.3, -0.25) is 67.3 Å². The number of carboxylic acids is 3. The number of aliphatic imine (C=N–C) groups is 1. The van der Waals surface area contributed by atoms with Crippen LogP contribution < -0.4 is 88.0 Å². The van der Waals surface area contributed by atoms with Gasteiger partial charge in [-0.15, -0.1) is 0 Å². The molecule has 0 bridgehead atoms. The van der Waals surface area contributed by atoms with Crippen LogP contribution in [-0.2, 0) is 67.1 Å². The fourth-order valence-corrected chi connectivity index (χ4v) is 7.21. The van der Waals surface area contributed by atoms with Crippen LogP contribution in [0.2, 0.25) is 0 Å². The third-order valence-corrected chi connectivity index (χ3v) is 11.7. The number of nitrogens with one attached hydrogen (secondary N) is 9. The highest BCUT2D eigenvalue weighted by Crippen LogP contribution is 2.09. The van der Waals surface area contributed by atoms with Crippen LogP contribution >= 0.6 is 0 Å². The largest absolute Gasteiger partial charge is 0.481 e. The van der Waals surface area contributed by atoms with E-state index in [9.17, 15) is 92.7 Å². The lowest BCUT2D eigenvalue weighted by Gasteiger charge is -2.28. The normalized spacial score (nSPS) is 14.9. The molecule has 0 radical (unpaired) electrons. The van der Waals surface area contributed by atoms with Crippen molar-refractivity contribution in [2.75, 3.05) is 26.2 Å². The molecule has 36 nitrogen and oxygen atoms in total. The molecule has 0 rings (SSSR count). The van der Waals surface area contributed by atoms with Crippen LogP contribution in [-0.4, -0.2) is 207 Å². The Morgan fingerprint density at radius 3 is 1.35 bits per heavy atom. The van der Waals surface area contributed by atoms with Crippen molar-refractivity contribution in [2.24, 2.45) is 45.1 Å². The number of nitrogens with zero attached hydrogens (tertiary/aromatic N) is 1. The number of amides is 11. The summed E-state index contributed by atoms with van der Waals surface area (Å²) in [4.78, 5) is 184. The Labute approximate surface area is 470 Å². The van der Waals surface area contributed by atoms with Gasteiger partial charge in [0, 0.05) is 19.4 Å². The second-order valence-corrected chi connectivity index (χ2v) is 18.7. The van der Waals surface area contributed by atoms with E-state index < -0.39 is 195 Å². The van der Waals surface area contributed by atoms with Gasteiger partial charge in [-0.25, -0.2) is 4.79 Å². The third kappa shape index (κ3) is 30.3. The number of aliphatic hydroxyl groups excluding tert-OH is 2. The van der Waals surface area contributed by atoms with Gasteiger partial charge in [0.2, 0.25) is 65.0 Å². The standard InChI is InChI=1S/C46H81N17O19/c1-21(36(72)62-30(20-64)43(79)56-24(9-4-6-16-48)38(74)59-27(45(81)82)10-7-17-54-46(52)53)55-41(77)29(19-34(70)71)61-39(75)25(11-13-31(50)66)58-44(80)35(22(2)65)63-40(76)26(12-14-33(68)69)57-42(78)28(18-32(51)67)60-37(73)23(49)8-3-5-15-47/h21-30,35,64-65H,3-20,47-49H2,1-2H3,(H2,50,66)(H2,51,67)(H,55,77)(H,56,79)(H,57,78)(H,58,80)(H,59,74)(H,60,73)(H,61,75)(H,62,72)(H,63,76)(H,68,69)(H,70,71)(H,81,82)(H4,52,53,54)/t21-,22+,23-,24-,25-,26-,27-,28-,29-,30-,35-/m0/s1. The number of nitrogens with two attached hydrogens (primary N) is 7. The van der Waals surface area contributed by atoms with Crippen LogP contribution in [0.15, 0.2) is 4.99 Å². The summed E-state index contributed by atoms with van der Waals surface area (Å²) in [5.41, 5.74) is 38.0. The maximum atomic E-state index is 13.8. The van der Waals surface area contributed by atoms with Gasteiger partial charge >= 0.3 is 17.9 Å². The molecule has 36 heteroatoms. The van der Waals surface area contributed by atoms with E-state index in [4.69, 9.17) is 40.1 Å². The number of aliphatic hydroxyl groups is 2. The molecule has 11 atom stereocenters. The van der Waals surface area contributed by atoms with Crippen LogP contribution in [0.4, 0.5) is 0 Å². The van der Waals surface area contributed by atoms with E-state index in [1.165, 1.54) is 0 Å². The molecule has 0 aliphatic heterocycles. The zero-order chi connectivity index (χ0) is 62.8. The average molecular weight is 1180 g/mol. The van der Waals surface area contributed by atoms with E-state index >= 15 is 0 Å². The fraction of sp³-hybridized carbons (Fsp3) is 0.674. The zero-order valence-electron chi connectivity index (χ0n) is 45.5. The molecule has 0 aliphatic carbocycles. The number of carboxylic acid groups (broad SMARTS) is 3. The molecule has 0 fully saturated rings. The first-order valence-corrected chi connectivity index (χ1v) is 25.9. The van der Waals surface area contributed by atoms with Crippen molar-refractivity contribution < 1.29 is 92.7 Å². The topological polar surface area (TPSA) is 643 Å². The summed E-state index contributed by atoms with van der Waals surface area (Å²) in [6.45, 7) is 1.45. The van der Waals surface area contributed by atoms with E-state index in [1.54, 1.807) is 0 Å². The smallest absolute Gasteiger partial charge is 0.326 e. The van der Waals surface area contributed by atoms with Crippen LogP contribution in [0.1, 0.15) is 104 Å². The van der Waals surface area contributed by atoms with Crippen molar-refractivity contribution in [3.05, 3.63) is 0 Å². The molecule has 0 aromatic carbocycles. The second kappa shape index (κ2) is 39.1. The Morgan fingerprint density at radius 1 is 0.439 bits per heavy atom. The Hall–Kier alpha value is -8.35. The highest BCUT2D eigenvalue weighted by atomic mass is 16.4. The lowest BCUT2D eigenvalue weighted by atomic mass is 10.0. The van der Waals surface area contributed by atoms with Crippen LogP contribution in [0.5, 0.6) is 0 Å². The summed E-state index contributed by atoms with van der Waals surface area (Å²) < 4.78 is 0. The van der Waals surface area contributed by atoms with E-state index in [2.05, 4.69) is 52.8 Å². The first-order chi connectivity index (χ1) is 38.4. The minimum atomic E-state index is -2.08. The maximum absolute atomic E-state index is 13.8. The van der Waals surface area contributed by atoms with Gasteiger partial charge in [0.15, 0.2) is 5.96 Å². The number of carbonyl (C=O) groups excluding carboxylic acids is 11. The molecule has 11 amide bonds. The Bertz CT molecular complexity index is 2250. The third-order valence-electron chi connectivity index (χ3n) is 11.7. The number of rotatable bonds is 43.